The number of ether oxygens (including phenoxy) is 1. The van der Waals surface area contributed by atoms with Crippen LogP contribution in [0.25, 0.3) is 0 Å². The van der Waals surface area contributed by atoms with Gasteiger partial charge in [0.2, 0.25) is 0 Å². The number of thioether (sulfide) groups is 1. The molecule has 0 aromatic heterocycles. The third-order valence-electron chi connectivity index (χ3n) is 2.96. The first-order valence-electron chi connectivity index (χ1n) is 6.86. The SMILES string of the molecule is COc1ccc(CSC(=Nc2ccc(F)cc2)N(C)C)cc1. The van der Waals surface area contributed by atoms with Crippen molar-refractivity contribution in [3.8, 4) is 5.75 Å². The predicted molar refractivity (Wildman–Crippen MR) is 91.5 cm³/mol. The van der Waals surface area contributed by atoms with Gasteiger partial charge >= 0.3 is 0 Å². The van der Waals surface area contributed by atoms with Gasteiger partial charge in [0.1, 0.15) is 11.6 Å². The van der Waals surface area contributed by atoms with E-state index >= 15 is 0 Å². The van der Waals surface area contributed by atoms with Crippen LogP contribution in [0, 0.1) is 5.82 Å². The molecule has 0 spiro atoms. The molecule has 0 atom stereocenters. The van der Waals surface area contributed by atoms with Crippen LogP contribution in [0.4, 0.5) is 10.1 Å². The summed E-state index contributed by atoms with van der Waals surface area (Å²) in [5.41, 5.74) is 1.94. The Morgan fingerprint density at radius 3 is 2.27 bits per heavy atom. The summed E-state index contributed by atoms with van der Waals surface area (Å²) in [5.74, 6) is 1.40. The first-order chi connectivity index (χ1) is 10.6. The second-order valence-electron chi connectivity index (χ2n) is 4.90. The summed E-state index contributed by atoms with van der Waals surface area (Å²) in [5, 5.41) is 0.877. The quantitative estimate of drug-likeness (QED) is 0.620. The Hall–Kier alpha value is -2.01. The maximum Gasteiger partial charge on any atom is 0.164 e. The summed E-state index contributed by atoms with van der Waals surface area (Å²) in [7, 11) is 5.55. The minimum Gasteiger partial charge on any atom is -0.497 e. The highest BCUT2D eigenvalue weighted by Gasteiger charge is 2.05. The average molecular weight is 318 g/mol. The zero-order valence-corrected chi connectivity index (χ0v) is 13.7. The summed E-state index contributed by atoms with van der Waals surface area (Å²) in [6, 6.07) is 14.2. The Morgan fingerprint density at radius 1 is 1.09 bits per heavy atom. The van der Waals surface area contributed by atoms with E-state index in [1.807, 2.05) is 43.3 Å². The van der Waals surface area contributed by atoms with E-state index in [1.54, 1.807) is 31.0 Å². The lowest BCUT2D eigenvalue weighted by Crippen LogP contribution is -2.18. The average Bonchev–Trinajstić information content (AvgIpc) is 2.53. The van der Waals surface area contributed by atoms with E-state index in [4.69, 9.17) is 4.74 Å². The number of nitrogens with zero attached hydrogens (tertiary/aromatic N) is 2. The number of hydrogen-bond acceptors (Lipinski definition) is 3. The van der Waals surface area contributed by atoms with Gasteiger partial charge in [-0.05, 0) is 42.0 Å². The Labute approximate surface area is 134 Å². The highest BCUT2D eigenvalue weighted by Crippen LogP contribution is 2.21. The molecule has 3 nitrogen and oxygen atoms in total. The molecular formula is C17H19FN2OS. The largest absolute Gasteiger partial charge is 0.497 e. The molecule has 0 saturated heterocycles. The number of aliphatic imine (C=N–C) groups is 1. The van der Waals surface area contributed by atoms with Gasteiger partial charge in [0.05, 0.1) is 12.8 Å². The summed E-state index contributed by atoms with van der Waals surface area (Å²) in [6.07, 6.45) is 0. The number of hydrogen-bond donors (Lipinski definition) is 0. The summed E-state index contributed by atoms with van der Waals surface area (Å²) < 4.78 is 18.1. The van der Waals surface area contributed by atoms with Gasteiger partial charge in [-0.15, -0.1) is 0 Å². The number of halogens is 1. The lowest BCUT2D eigenvalue weighted by atomic mass is 10.2. The van der Waals surface area contributed by atoms with E-state index in [1.165, 1.54) is 17.7 Å². The smallest absolute Gasteiger partial charge is 0.164 e. The summed E-state index contributed by atoms with van der Waals surface area (Å²) in [4.78, 5) is 6.52. The molecule has 0 saturated carbocycles. The van der Waals surface area contributed by atoms with E-state index in [-0.39, 0.29) is 5.82 Å². The van der Waals surface area contributed by atoms with Crippen LogP contribution in [0.1, 0.15) is 5.56 Å². The van der Waals surface area contributed by atoms with E-state index in [2.05, 4.69) is 4.99 Å². The van der Waals surface area contributed by atoms with Crippen molar-refractivity contribution in [1.82, 2.24) is 4.90 Å². The topological polar surface area (TPSA) is 24.8 Å². The van der Waals surface area contributed by atoms with Crippen LogP contribution < -0.4 is 4.74 Å². The van der Waals surface area contributed by atoms with Crippen LogP contribution in [0.3, 0.4) is 0 Å². The van der Waals surface area contributed by atoms with Crippen LogP contribution in [0.5, 0.6) is 5.75 Å². The normalized spacial score (nSPS) is 11.4. The molecule has 0 heterocycles. The molecule has 2 rings (SSSR count). The monoisotopic (exact) mass is 318 g/mol. The molecule has 2 aromatic carbocycles. The van der Waals surface area contributed by atoms with E-state index in [9.17, 15) is 4.39 Å². The zero-order valence-electron chi connectivity index (χ0n) is 12.9. The molecule has 0 unspecified atom stereocenters. The van der Waals surface area contributed by atoms with E-state index in [0.717, 1.165) is 22.4 Å². The molecule has 116 valence electrons. The maximum atomic E-state index is 12.9. The second-order valence-corrected chi connectivity index (χ2v) is 5.84. The van der Waals surface area contributed by atoms with E-state index in [0.29, 0.717) is 0 Å². The van der Waals surface area contributed by atoms with Crippen molar-refractivity contribution in [1.29, 1.82) is 0 Å². The Bertz CT molecular complexity index is 624. The van der Waals surface area contributed by atoms with Gasteiger partial charge in [0, 0.05) is 19.8 Å². The fourth-order valence-corrected chi connectivity index (χ4v) is 2.67. The number of rotatable bonds is 4. The van der Waals surface area contributed by atoms with Crippen molar-refractivity contribution < 1.29 is 9.13 Å². The number of amidine groups is 1. The van der Waals surface area contributed by atoms with Gasteiger partial charge in [0.25, 0.3) is 0 Å². The first kappa shape index (κ1) is 16.4. The fraction of sp³-hybridized carbons (Fsp3) is 0.235. The maximum absolute atomic E-state index is 12.9. The Balaban J connectivity index is 2.06. The van der Waals surface area contributed by atoms with Crippen LogP contribution in [0.15, 0.2) is 53.5 Å². The lowest BCUT2D eigenvalue weighted by molar-refractivity contribution is 0.414. The molecule has 0 bridgehead atoms. The van der Waals surface area contributed by atoms with Crippen molar-refractivity contribution in [3.63, 3.8) is 0 Å². The lowest BCUT2D eigenvalue weighted by Gasteiger charge is -2.15. The number of methoxy groups -OCH3 is 1. The minimum absolute atomic E-state index is 0.253. The summed E-state index contributed by atoms with van der Waals surface area (Å²) >= 11 is 1.64. The van der Waals surface area contributed by atoms with Gasteiger partial charge in [-0.2, -0.15) is 0 Å². The van der Waals surface area contributed by atoms with Gasteiger partial charge in [0.15, 0.2) is 5.17 Å². The Kier molecular flexibility index (Phi) is 5.83. The molecule has 5 heteroatoms. The zero-order chi connectivity index (χ0) is 15.9. The molecule has 0 fully saturated rings. The standard InChI is InChI=1S/C17H19FN2OS/c1-20(2)17(19-15-8-6-14(18)7-9-15)22-12-13-4-10-16(21-3)11-5-13/h4-11H,12H2,1-3H3. The third kappa shape index (κ3) is 4.77. The predicted octanol–water partition coefficient (Wildman–Crippen LogP) is 4.32. The van der Waals surface area contributed by atoms with Gasteiger partial charge in [-0.1, -0.05) is 23.9 Å². The minimum atomic E-state index is -0.253. The summed E-state index contributed by atoms with van der Waals surface area (Å²) in [6.45, 7) is 0. The van der Waals surface area contributed by atoms with Crippen LogP contribution >= 0.6 is 11.8 Å². The second kappa shape index (κ2) is 7.84. The molecule has 0 aliphatic rings. The van der Waals surface area contributed by atoms with Crippen molar-refractivity contribution >= 4 is 22.6 Å². The Morgan fingerprint density at radius 2 is 1.73 bits per heavy atom. The van der Waals surface area contributed by atoms with Crippen LogP contribution in [-0.2, 0) is 5.75 Å². The van der Waals surface area contributed by atoms with Gasteiger partial charge < -0.3 is 9.64 Å². The fourth-order valence-electron chi connectivity index (χ4n) is 1.76. The van der Waals surface area contributed by atoms with Gasteiger partial charge in [-0.25, -0.2) is 9.38 Å². The molecule has 22 heavy (non-hydrogen) atoms. The molecule has 0 aliphatic carbocycles. The molecule has 0 N–H and O–H groups in total. The highest BCUT2D eigenvalue weighted by atomic mass is 32.2. The molecule has 2 aromatic rings. The van der Waals surface area contributed by atoms with Gasteiger partial charge in [-0.3, -0.25) is 0 Å². The first-order valence-corrected chi connectivity index (χ1v) is 7.84. The van der Waals surface area contributed by atoms with E-state index < -0.39 is 0 Å². The number of benzene rings is 2. The molecular weight excluding hydrogens is 299 g/mol. The third-order valence-corrected chi connectivity index (χ3v) is 4.15. The van der Waals surface area contributed by atoms with Crippen molar-refractivity contribution in [3.05, 3.63) is 59.9 Å². The molecule has 0 amide bonds. The van der Waals surface area contributed by atoms with Crippen molar-refractivity contribution in [2.75, 3.05) is 21.2 Å². The highest BCUT2D eigenvalue weighted by molar-refractivity contribution is 8.13. The molecule has 0 radical (unpaired) electrons. The van der Waals surface area contributed by atoms with Crippen LogP contribution in [0.2, 0.25) is 0 Å². The van der Waals surface area contributed by atoms with Crippen LogP contribution in [-0.4, -0.2) is 31.3 Å². The van der Waals surface area contributed by atoms with Crippen molar-refractivity contribution in [2.24, 2.45) is 4.99 Å². The van der Waals surface area contributed by atoms with Crippen molar-refractivity contribution in [2.45, 2.75) is 5.75 Å². The molecule has 0 aliphatic heterocycles.